The van der Waals surface area contributed by atoms with Crippen LogP contribution in [0.15, 0.2) is 0 Å². The summed E-state index contributed by atoms with van der Waals surface area (Å²) < 4.78 is 4.58. The second kappa shape index (κ2) is 4.74. The lowest BCUT2D eigenvalue weighted by Crippen LogP contribution is -2.64. The van der Waals surface area contributed by atoms with Crippen LogP contribution in [-0.2, 0) is 14.3 Å². The van der Waals surface area contributed by atoms with E-state index < -0.39 is 42.5 Å². The quantitative estimate of drug-likeness (QED) is 0.344. The molecule has 1 rings (SSSR count). The summed E-state index contributed by atoms with van der Waals surface area (Å²) in [6.45, 7) is 1.15. The third kappa shape index (κ3) is 2.47. The molecule has 1 fully saturated rings. The first kappa shape index (κ1) is 12.8. The molecule has 1 aliphatic rings. The number of amides is 1. The van der Waals surface area contributed by atoms with Crippen molar-refractivity contribution in [3.05, 3.63) is 0 Å². The van der Waals surface area contributed by atoms with Crippen molar-refractivity contribution >= 4 is 11.9 Å². The summed E-state index contributed by atoms with van der Waals surface area (Å²) in [5, 5.41) is 39.0. The van der Waals surface area contributed by atoms with Gasteiger partial charge >= 0.3 is 5.97 Å². The Kier molecular flexibility index (Phi) is 3.81. The van der Waals surface area contributed by atoms with Gasteiger partial charge < -0.3 is 30.5 Å². The Morgan fingerprint density at radius 2 is 1.75 bits per heavy atom. The van der Waals surface area contributed by atoms with E-state index in [1.54, 1.807) is 0 Å². The van der Waals surface area contributed by atoms with Crippen LogP contribution < -0.4 is 5.32 Å². The van der Waals surface area contributed by atoms with Gasteiger partial charge in [-0.2, -0.15) is 0 Å². The average molecular weight is 235 g/mol. The number of carbonyl (C=O) groups excluding carboxylic acids is 1. The second-order valence-corrected chi connectivity index (χ2v) is 3.49. The predicted molar refractivity (Wildman–Crippen MR) is 48.1 cm³/mol. The summed E-state index contributed by atoms with van der Waals surface area (Å²) >= 11 is 0. The Labute approximate surface area is 90.5 Å². The Morgan fingerprint density at radius 1 is 1.19 bits per heavy atom. The minimum Gasteiger partial charge on any atom is -0.479 e. The van der Waals surface area contributed by atoms with Gasteiger partial charge in [-0.05, 0) is 0 Å². The minimum atomic E-state index is -1.73. The molecule has 0 radical (unpaired) electrons. The minimum absolute atomic E-state index is 0.548. The summed E-state index contributed by atoms with van der Waals surface area (Å²) in [4.78, 5) is 21.3. The van der Waals surface area contributed by atoms with Gasteiger partial charge in [0.25, 0.3) is 0 Å². The fourth-order valence-electron chi connectivity index (χ4n) is 1.47. The Balaban J connectivity index is 2.79. The lowest BCUT2D eigenvalue weighted by molar-refractivity contribution is -0.249. The number of carboxylic acid groups (broad SMARTS) is 1. The molecule has 1 heterocycles. The molecule has 1 saturated heterocycles. The van der Waals surface area contributed by atoms with Crippen molar-refractivity contribution < 1.29 is 34.8 Å². The van der Waals surface area contributed by atoms with Crippen molar-refractivity contribution in [2.45, 2.75) is 37.6 Å². The molecular weight excluding hydrogens is 222 g/mol. The number of carbonyl (C=O) groups is 2. The molecule has 16 heavy (non-hydrogen) atoms. The van der Waals surface area contributed by atoms with Crippen LogP contribution in [0.25, 0.3) is 0 Å². The van der Waals surface area contributed by atoms with E-state index in [2.05, 4.69) is 10.1 Å². The first-order valence-corrected chi connectivity index (χ1v) is 4.54. The van der Waals surface area contributed by atoms with Gasteiger partial charge in [-0.15, -0.1) is 0 Å². The van der Waals surface area contributed by atoms with Crippen LogP contribution in [0.1, 0.15) is 6.92 Å². The highest BCUT2D eigenvalue weighted by atomic mass is 16.6. The SMILES string of the molecule is CC(=O)N[C@@H]1[C@@H](O)[C@H](O)[C@@H](C(=O)O)O[C@H]1O. The van der Waals surface area contributed by atoms with Crippen molar-refractivity contribution in [1.29, 1.82) is 0 Å². The number of aliphatic hydroxyl groups is 3. The van der Waals surface area contributed by atoms with E-state index in [0.29, 0.717) is 0 Å². The standard InChI is InChI=1S/C8H13NO7/c1-2(10)9-3-4(11)5(12)6(7(13)14)16-8(3)15/h3-6,8,11-12,15H,1H3,(H,9,10)(H,13,14)/t3-,4-,5+,6+,8-/m1/s1. The van der Waals surface area contributed by atoms with E-state index >= 15 is 0 Å². The maximum Gasteiger partial charge on any atom is 0.335 e. The van der Waals surface area contributed by atoms with Crippen LogP contribution in [-0.4, -0.2) is 62.9 Å². The highest BCUT2D eigenvalue weighted by Crippen LogP contribution is 2.20. The van der Waals surface area contributed by atoms with Crippen LogP contribution in [0.5, 0.6) is 0 Å². The zero-order valence-electron chi connectivity index (χ0n) is 8.40. The molecule has 0 aliphatic carbocycles. The summed E-state index contributed by atoms with van der Waals surface area (Å²) in [7, 11) is 0. The van der Waals surface area contributed by atoms with Crippen LogP contribution in [0.4, 0.5) is 0 Å². The zero-order chi connectivity index (χ0) is 12.5. The van der Waals surface area contributed by atoms with Crippen LogP contribution >= 0.6 is 0 Å². The van der Waals surface area contributed by atoms with Gasteiger partial charge in [-0.3, -0.25) is 4.79 Å². The normalized spacial score (nSPS) is 39.1. The molecule has 0 spiro atoms. The van der Waals surface area contributed by atoms with E-state index in [4.69, 9.17) is 5.11 Å². The lowest BCUT2D eigenvalue weighted by atomic mass is 9.97. The highest BCUT2D eigenvalue weighted by molar-refractivity contribution is 5.74. The molecule has 0 saturated carbocycles. The molecule has 5 N–H and O–H groups in total. The Morgan fingerprint density at radius 3 is 2.19 bits per heavy atom. The molecule has 5 atom stereocenters. The van der Waals surface area contributed by atoms with E-state index in [1.807, 2.05) is 0 Å². The maximum atomic E-state index is 10.7. The van der Waals surface area contributed by atoms with Gasteiger partial charge in [0.15, 0.2) is 12.4 Å². The largest absolute Gasteiger partial charge is 0.479 e. The van der Waals surface area contributed by atoms with Gasteiger partial charge in [0, 0.05) is 6.92 Å². The third-order valence-electron chi connectivity index (χ3n) is 2.23. The van der Waals surface area contributed by atoms with Gasteiger partial charge in [-0.1, -0.05) is 0 Å². The third-order valence-corrected chi connectivity index (χ3v) is 2.23. The number of carboxylic acids is 1. The van der Waals surface area contributed by atoms with Gasteiger partial charge in [0.05, 0.1) is 0 Å². The maximum absolute atomic E-state index is 10.7. The van der Waals surface area contributed by atoms with Crippen molar-refractivity contribution in [2.24, 2.45) is 0 Å². The molecule has 8 heteroatoms. The topological polar surface area (TPSA) is 136 Å². The molecule has 0 aromatic heterocycles. The summed E-state index contributed by atoms with van der Waals surface area (Å²) in [5.74, 6) is -2.06. The second-order valence-electron chi connectivity index (χ2n) is 3.49. The number of nitrogens with one attached hydrogen (secondary N) is 1. The smallest absolute Gasteiger partial charge is 0.335 e. The van der Waals surface area contributed by atoms with E-state index in [-0.39, 0.29) is 0 Å². The van der Waals surface area contributed by atoms with E-state index in [0.717, 1.165) is 6.92 Å². The first-order valence-electron chi connectivity index (χ1n) is 4.54. The number of rotatable bonds is 2. The molecular formula is C8H13NO7. The summed E-state index contributed by atoms with van der Waals surface area (Å²) in [6, 6.07) is -1.26. The van der Waals surface area contributed by atoms with Crippen molar-refractivity contribution in [1.82, 2.24) is 5.32 Å². The van der Waals surface area contributed by atoms with Crippen LogP contribution in [0.2, 0.25) is 0 Å². The van der Waals surface area contributed by atoms with Crippen LogP contribution in [0, 0.1) is 0 Å². The molecule has 0 aromatic carbocycles. The van der Waals surface area contributed by atoms with Crippen LogP contribution in [0.3, 0.4) is 0 Å². The molecule has 8 nitrogen and oxygen atoms in total. The molecule has 0 bridgehead atoms. The molecule has 0 aromatic rings. The molecule has 1 aliphatic heterocycles. The van der Waals surface area contributed by atoms with Crippen molar-refractivity contribution in [3.63, 3.8) is 0 Å². The van der Waals surface area contributed by atoms with E-state index in [9.17, 15) is 24.9 Å². The zero-order valence-corrected chi connectivity index (χ0v) is 8.40. The van der Waals surface area contributed by atoms with Gasteiger partial charge in [0.1, 0.15) is 18.2 Å². The Bertz CT molecular complexity index is 294. The summed E-state index contributed by atoms with van der Waals surface area (Å²) in [6.07, 6.45) is -6.76. The number of aliphatic hydroxyl groups excluding tert-OH is 3. The average Bonchev–Trinajstić information content (AvgIpc) is 2.17. The molecule has 0 unspecified atom stereocenters. The van der Waals surface area contributed by atoms with Crippen molar-refractivity contribution in [3.8, 4) is 0 Å². The Hall–Kier alpha value is -1.22. The number of ether oxygens (including phenoxy) is 1. The summed E-state index contributed by atoms with van der Waals surface area (Å²) in [5.41, 5.74) is 0. The molecule has 1 amide bonds. The monoisotopic (exact) mass is 235 g/mol. The van der Waals surface area contributed by atoms with Gasteiger partial charge in [-0.25, -0.2) is 4.79 Å². The first-order chi connectivity index (χ1) is 7.34. The molecule has 92 valence electrons. The van der Waals surface area contributed by atoms with E-state index in [1.165, 1.54) is 0 Å². The number of aliphatic carboxylic acids is 1. The number of hydrogen-bond acceptors (Lipinski definition) is 6. The lowest BCUT2D eigenvalue weighted by Gasteiger charge is -2.39. The predicted octanol–water partition coefficient (Wildman–Crippen LogP) is -2.99. The van der Waals surface area contributed by atoms with Gasteiger partial charge in [0.2, 0.25) is 5.91 Å². The highest BCUT2D eigenvalue weighted by Gasteiger charge is 2.47. The van der Waals surface area contributed by atoms with Crippen molar-refractivity contribution in [2.75, 3.05) is 0 Å². The fraction of sp³-hybridized carbons (Fsp3) is 0.750. The fourth-order valence-corrected chi connectivity index (χ4v) is 1.47. The number of hydrogen-bond donors (Lipinski definition) is 5.